The quantitative estimate of drug-likeness (QED) is 0.817. The van der Waals surface area contributed by atoms with Gasteiger partial charge in [-0.1, -0.05) is 49.5 Å². The van der Waals surface area contributed by atoms with Gasteiger partial charge in [0.1, 0.15) is 0 Å². The van der Waals surface area contributed by atoms with E-state index in [0.29, 0.717) is 22.7 Å². The molecule has 0 bridgehead atoms. The summed E-state index contributed by atoms with van der Waals surface area (Å²) in [6.45, 7) is 2.19. The summed E-state index contributed by atoms with van der Waals surface area (Å²) in [5.74, 6) is 0.0329. The lowest BCUT2D eigenvalue weighted by Gasteiger charge is -2.24. The Balaban J connectivity index is 1.59. The summed E-state index contributed by atoms with van der Waals surface area (Å²) in [4.78, 5) is 19.6. The zero-order valence-corrected chi connectivity index (χ0v) is 16.4. The van der Waals surface area contributed by atoms with E-state index in [1.165, 1.54) is 32.1 Å². The summed E-state index contributed by atoms with van der Waals surface area (Å²) in [6.07, 6.45) is 6.80. The van der Waals surface area contributed by atoms with E-state index in [9.17, 15) is 4.79 Å². The van der Waals surface area contributed by atoms with Gasteiger partial charge < -0.3 is 10.2 Å². The van der Waals surface area contributed by atoms with Crippen molar-refractivity contribution in [2.24, 2.45) is 4.99 Å². The molecule has 1 saturated carbocycles. The number of hydrogen-bond donors (Lipinski definition) is 1. The molecule has 6 heteroatoms. The van der Waals surface area contributed by atoms with Crippen LogP contribution in [0.2, 0.25) is 5.02 Å². The topological polar surface area (TPSA) is 44.7 Å². The second kappa shape index (κ2) is 8.45. The first-order valence-electron chi connectivity index (χ1n) is 9.05. The number of benzene rings is 1. The Bertz CT molecular complexity index is 628. The van der Waals surface area contributed by atoms with Crippen molar-refractivity contribution in [1.29, 1.82) is 0 Å². The molecular weight excluding hydrogens is 354 g/mol. The first-order chi connectivity index (χ1) is 12.0. The number of amides is 1. The van der Waals surface area contributed by atoms with Crippen LogP contribution >= 0.6 is 23.4 Å². The number of amidine groups is 1. The molecular formula is C19H26ClN3OS. The Morgan fingerprint density at radius 1 is 1.28 bits per heavy atom. The summed E-state index contributed by atoms with van der Waals surface area (Å²) >= 11 is 7.69. The van der Waals surface area contributed by atoms with E-state index < -0.39 is 0 Å². The molecule has 1 aliphatic heterocycles. The fourth-order valence-electron chi connectivity index (χ4n) is 3.51. The van der Waals surface area contributed by atoms with E-state index in [2.05, 4.69) is 24.2 Å². The number of thioether (sulfide) groups is 1. The fourth-order valence-corrected chi connectivity index (χ4v) is 4.92. The Kier molecular flexibility index (Phi) is 6.29. The molecule has 1 aliphatic carbocycles. The normalized spacial score (nSPS) is 26.2. The number of halogens is 1. The summed E-state index contributed by atoms with van der Waals surface area (Å²) in [5, 5.41) is 5.09. The Morgan fingerprint density at radius 3 is 2.64 bits per heavy atom. The van der Waals surface area contributed by atoms with Crippen molar-refractivity contribution in [3.63, 3.8) is 0 Å². The van der Waals surface area contributed by atoms with E-state index in [4.69, 9.17) is 16.6 Å². The Hall–Kier alpha value is -1.20. The van der Waals surface area contributed by atoms with Gasteiger partial charge in [-0.05, 0) is 37.1 Å². The minimum Gasteiger partial charge on any atom is -0.350 e. The standard InChI is InChI=1S/C19H26ClN3OS/c1-13-17(12-18(24)21-16-10-8-14(20)9-11-16)23(2)19(25-13)22-15-6-4-3-5-7-15/h8-11,13,15,17H,3-7,12H2,1-2H3,(H,21,24). The van der Waals surface area contributed by atoms with E-state index in [-0.39, 0.29) is 11.9 Å². The molecule has 1 aromatic carbocycles. The summed E-state index contributed by atoms with van der Waals surface area (Å²) in [6, 6.07) is 7.87. The summed E-state index contributed by atoms with van der Waals surface area (Å²) < 4.78 is 0. The van der Waals surface area contributed by atoms with Crippen LogP contribution in [0, 0.1) is 0 Å². The first kappa shape index (κ1) is 18.6. The number of anilines is 1. The largest absolute Gasteiger partial charge is 0.350 e. The van der Waals surface area contributed by atoms with Gasteiger partial charge in [0.05, 0.1) is 12.1 Å². The summed E-state index contributed by atoms with van der Waals surface area (Å²) in [5.41, 5.74) is 0.784. The molecule has 1 saturated heterocycles. The number of hydrogen-bond acceptors (Lipinski definition) is 3. The second-order valence-electron chi connectivity index (χ2n) is 6.96. The summed E-state index contributed by atoms with van der Waals surface area (Å²) in [7, 11) is 2.07. The highest BCUT2D eigenvalue weighted by Gasteiger charge is 2.35. The third-order valence-corrected chi connectivity index (χ3v) is 6.56. The van der Waals surface area contributed by atoms with Crippen molar-refractivity contribution in [2.75, 3.05) is 12.4 Å². The van der Waals surface area contributed by atoms with Crippen LogP contribution in [-0.4, -0.2) is 40.4 Å². The maximum absolute atomic E-state index is 12.4. The van der Waals surface area contributed by atoms with Gasteiger partial charge in [0, 0.05) is 29.4 Å². The van der Waals surface area contributed by atoms with Crippen LogP contribution < -0.4 is 5.32 Å². The van der Waals surface area contributed by atoms with Gasteiger partial charge in [-0.15, -0.1) is 0 Å². The van der Waals surface area contributed by atoms with Crippen molar-refractivity contribution in [1.82, 2.24) is 4.90 Å². The van der Waals surface area contributed by atoms with E-state index >= 15 is 0 Å². The van der Waals surface area contributed by atoms with Crippen molar-refractivity contribution in [3.05, 3.63) is 29.3 Å². The van der Waals surface area contributed by atoms with Crippen LogP contribution in [-0.2, 0) is 4.79 Å². The van der Waals surface area contributed by atoms with E-state index in [1.807, 2.05) is 12.1 Å². The highest BCUT2D eigenvalue weighted by molar-refractivity contribution is 8.14. The molecule has 136 valence electrons. The Labute approximate surface area is 159 Å². The average Bonchev–Trinajstić information content (AvgIpc) is 2.85. The lowest BCUT2D eigenvalue weighted by molar-refractivity contribution is -0.117. The van der Waals surface area contributed by atoms with Crippen molar-refractivity contribution >= 4 is 40.1 Å². The number of carbonyl (C=O) groups is 1. The number of rotatable bonds is 4. The highest BCUT2D eigenvalue weighted by atomic mass is 35.5. The van der Waals surface area contributed by atoms with Crippen molar-refractivity contribution in [3.8, 4) is 0 Å². The molecule has 2 aliphatic rings. The molecule has 1 N–H and O–H groups in total. The predicted molar refractivity (Wildman–Crippen MR) is 108 cm³/mol. The van der Waals surface area contributed by atoms with Gasteiger partial charge >= 0.3 is 0 Å². The maximum Gasteiger partial charge on any atom is 0.226 e. The molecule has 3 rings (SSSR count). The zero-order chi connectivity index (χ0) is 17.8. The number of carbonyl (C=O) groups excluding carboxylic acids is 1. The molecule has 0 spiro atoms. The maximum atomic E-state index is 12.4. The molecule has 1 amide bonds. The van der Waals surface area contributed by atoms with Crippen molar-refractivity contribution in [2.45, 2.75) is 62.8 Å². The monoisotopic (exact) mass is 379 g/mol. The van der Waals surface area contributed by atoms with Gasteiger partial charge in [0.2, 0.25) is 5.91 Å². The second-order valence-corrected chi connectivity index (χ2v) is 8.74. The molecule has 0 radical (unpaired) electrons. The van der Waals surface area contributed by atoms with Crippen molar-refractivity contribution < 1.29 is 4.79 Å². The molecule has 1 heterocycles. The van der Waals surface area contributed by atoms with Gasteiger partial charge in [-0.3, -0.25) is 9.79 Å². The minimum atomic E-state index is 0.0329. The van der Waals surface area contributed by atoms with Gasteiger partial charge in [0.25, 0.3) is 0 Å². The van der Waals surface area contributed by atoms with Crippen LogP contribution in [0.5, 0.6) is 0 Å². The van der Waals surface area contributed by atoms with Gasteiger partial charge in [0.15, 0.2) is 5.17 Å². The molecule has 2 fully saturated rings. The van der Waals surface area contributed by atoms with Crippen LogP contribution in [0.4, 0.5) is 5.69 Å². The van der Waals surface area contributed by atoms with Crippen LogP contribution in [0.25, 0.3) is 0 Å². The molecule has 1 aromatic rings. The number of aliphatic imine (C=N–C) groups is 1. The molecule has 0 aromatic heterocycles. The molecule has 25 heavy (non-hydrogen) atoms. The third kappa shape index (κ3) is 4.91. The SMILES string of the molecule is CC1SC(=NC2CCCCC2)N(C)C1CC(=O)Nc1ccc(Cl)cc1. The minimum absolute atomic E-state index is 0.0329. The average molecular weight is 380 g/mol. The molecule has 2 atom stereocenters. The Morgan fingerprint density at radius 2 is 1.96 bits per heavy atom. The number of nitrogens with zero attached hydrogens (tertiary/aromatic N) is 2. The highest BCUT2D eigenvalue weighted by Crippen LogP contribution is 2.34. The van der Waals surface area contributed by atoms with Crippen LogP contribution in [0.3, 0.4) is 0 Å². The van der Waals surface area contributed by atoms with Crippen LogP contribution in [0.15, 0.2) is 29.3 Å². The lowest BCUT2D eigenvalue weighted by atomic mass is 9.96. The van der Waals surface area contributed by atoms with Crippen LogP contribution in [0.1, 0.15) is 45.4 Å². The smallest absolute Gasteiger partial charge is 0.226 e. The third-order valence-electron chi connectivity index (χ3n) is 5.02. The predicted octanol–water partition coefficient (Wildman–Crippen LogP) is 4.79. The van der Waals surface area contributed by atoms with E-state index in [0.717, 1.165) is 10.9 Å². The first-order valence-corrected chi connectivity index (χ1v) is 10.3. The molecule has 4 nitrogen and oxygen atoms in total. The number of nitrogens with one attached hydrogen (secondary N) is 1. The van der Waals surface area contributed by atoms with Gasteiger partial charge in [-0.2, -0.15) is 0 Å². The lowest BCUT2D eigenvalue weighted by Crippen LogP contribution is -2.36. The van der Waals surface area contributed by atoms with E-state index in [1.54, 1.807) is 23.9 Å². The molecule has 2 unspecified atom stereocenters. The fraction of sp³-hybridized carbons (Fsp3) is 0.579. The van der Waals surface area contributed by atoms with Gasteiger partial charge in [-0.25, -0.2) is 0 Å². The zero-order valence-electron chi connectivity index (χ0n) is 14.9.